The van der Waals surface area contributed by atoms with Gasteiger partial charge in [-0.3, -0.25) is 0 Å². The normalized spacial score (nSPS) is 10.9. The van der Waals surface area contributed by atoms with Crippen molar-refractivity contribution in [3.05, 3.63) is 90.0 Å². The SMILES string of the molecule is Cc1[nH]c2ccccc2c1CCN(Cc1ccco1)C(=S)Nc1ccccc1. The van der Waals surface area contributed by atoms with Crippen molar-refractivity contribution in [2.75, 3.05) is 11.9 Å². The van der Waals surface area contributed by atoms with Crippen molar-refractivity contribution in [3.8, 4) is 0 Å². The molecule has 4 rings (SSSR count). The van der Waals surface area contributed by atoms with Gasteiger partial charge in [0.1, 0.15) is 5.76 Å². The maximum absolute atomic E-state index is 5.72. The molecule has 0 aliphatic rings. The van der Waals surface area contributed by atoms with Crippen molar-refractivity contribution in [3.63, 3.8) is 0 Å². The fourth-order valence-corrected chi connectivity index (χ4v) is 3.74. The van der Waals surface area contributed by atoms with Crippen molar-refractivity contribution >= 4 is 33.9 Å². The van der Waals surface area contributed by atoms with Crippen LogP contribution in [-0.2, 0) is 13.0 Å². The van der Waals surface area contributed by atoms with Crippen LogP contribution in [0.5, 0.6) is 0 Å². The van der Waals surface area contributed by atoms with Crippen LogP contribution >= 0.6 is 12.2 Å². The van der Waals surface area contributed by atoms with E-state index in [0.29, 0.717) is 11.7 Å². The molecular weight excluding hydrogens is 366 g/mol. The van der Waals surface area contributed by atoms with Crippen LogP contribution in [0, 0.1) is 6.92 Å². The number of aromatic amines is 1. The average molecular weight is 390 g/mol. The van der Waals surface area contributed by atoms with Crippen LogP contribution in [0.3, 0.4) is 0 Å². The summed E-state index contributed by atoms with van der Waals surface area (Å²) in [7, 11) is 0. The van der Waals surface area contributed by atoms with Gasteiger partial charge in [0, 0.05) is 28.8 Å². The molecule has 0 saturated heterocycles. The van der Waals surface area contributed by atoms with Gasteiger partial charge in [-0.05, 0) is 61.5 Å². The smallest absolute Gasteiger partial charge is 0.173 e. The Hall–Kier alpha value is -3.05. The third-order valence-corrected chi connectivity index (χ3v) is 5.26. The topological polar surface area (TPSA) is 44.2 Å². The lowest BCUT2D eigenvalue weighted by atomic mass is 10.1. The predicted octanol–water partition coefficient (Wildman–Crippen LogP) is 5.51. The molecule has 4 aromatic rings. The summed E-state index contributed by atoms with van der Waals surface area (Å²) in [6, 6.07) is 22.3. The predicted molar refractivity (Wildman–Crippen MR) is 119 cm³/mol. The standard InChI is InChI=1S/C23H23N3OS/c1-17-20(21-11-5-6-12-22(21)24-17)13-14-26(16-19-10-7-15-27-19)23(28)25-18-8-3-2-4-9-18/h2-12,15,24H,13-14,16H2,1H3,(H,25,28). The van der Waals surface area contributed by atoms with Crippen LogP contribution in [0.15, 0.2) is 77.4 Å². The fraction of sp³-hybridized carbons (Fsp3) is 0.174. The highest BCUT2D eigenvalue weighted by Crippen LogP contribution is 2.23. The third-order valence-electron chi connectivity index (χ3n) is 4.90. The summed E-state index contributed by atoms with van der Waals surface area (Å²) in [6.07, 6.45) is 2.60. The number of hydrogen-bond acceptors (Lipinski definition) is 2. The van der Waals surface area contributed by atoms with E-state index in [1.165, 1.54) is 22.2 Å². The molecule has 0 amide bonds. The zero-order valence-corrected chi connectivity index (χ0v) is 16.6. The first kappa shape index (κ1) is 18.3. The van der Waals surface area contributed by atoms with Gasteiger partial charge >= 0.3 is 0 Å². The van der Waals surface area contributed by atoms with Gasteiger partial charge in [-0.1, -0.05) is 36.4 Å². The number of H-pyrrole nitrogens is 1. The van der Waals surface area contributed by atoms with Gasteiger partial charge < -0.3 is 19.6 Å². The molecule has 142 valence electrons. The highest BCUT2D eigenvalue weighted by Gasteiger charge is 2.15. The van der Waals surface area contributed by atoms with Gasteiger partial charge in [-0.2, -0.15) is 0 Å². The lowest BCUT2D eigenvalue weighted by Gasteiger charge is -2.25. The Balaban J connectivity index is 1.53. The van der Waals surface area contributed by atoms with Gasteiger partial charge in [0.15, 0.2) is 5.11 Å². The van der Waals surface area contributed by atoms with E-state index in [4.69, 9.17) is 16.6 Å². The first-order chi connectivity index (χ1) is 13.7. The Kier molecular flexibility index (Phi) is 5.44. The Labute approximate surface area is 170 Å². The molecule has 0 unspecified atom stereocenters. The number of aryl methyl sites for hydroxylation is 1. The van der Waals surface area contributed by atoms with Crippen LogP contribution < -0.4 is 5.32 Å². The summed E-state index contributed by atoms with van der Waals surface area (Å²) in [4.78, 5) is 5.64. The lowest BCUT2D eigenvalue weighted by Crippen LogP contribution is -2.35. The minimum absolute atomic E-state index is 0.632. The summed E-state index contributed by atoms with van der Waals surface area (Å²) in [5, 5.41) is 5.32. The highest BCUT2D eigenvalue weighted by atomic mass is 32.1. The molecule has 4 nitrogen and oxygen atoms in total. The number of hydrogen-bond donors (Lipinski definition) is 2. The number of rotatable bonds is 6. The molecule has 0 saturated carbocycles. The van der Waals surface area contributed by atoms with Gasteiger partial charge in [0.25, 0.3) is 0 Å². The Morgan fingerprint density at radius 2 is 1.82 bits per heavy atom. The number of thiocarbonyl (C=S) groups is 1. The average Bonchev–Trinajstić information content (AvgIpc) is 3.33. The minimum atomic E-state index is 0.632. The molecular formula is C23H23N3OS. The number of furan rings is 1. The van der Waals surface area contributed by atoms with Crippen molar-refractivity contribution in [1.29, 1.82) is 0 Å². The summed E-state index contributed by atoms with van der Waals surface area (Å²) >= 11 is 5.72. The fourth-order valence-electron chi connectivity index (χ4n) is 3.47. The van der Waals surface area contributed by atoms with E-state index in [1.807, 2.05) is 42.5 Å². The van der Waals surface area contributed by atoms with E-state index in [9.17, 15) is 0 Å². The van der Waals surface area contributed by atoms with Gasteiger partial charge in [-0.25, -0.2) is 0 Å². The van der Waals surface area contributed by atoms with Gasteiger partial charge in [0.2, 0.25) is 0 Å². The number of fused-ring (bicyclic) bond motifs is 1. The van der Waals surface area contributed by atoms with Crippen LogP contribution in [0.2, 0.25) is 0 Å². The number of nitrogens with zero attached hydrogens (tertiary/aromatic N) is 1. The number of anilines is 1. The maximum atomic E-state index is 5.72. The van der Waals surface area contributed by atoms with Crippen LogP contribution in [0.4, 0.5) is 5.69 Å². The molecule has 0 fully saturated rings. The monoisotopic (exact) mass is 389 g/mol. The second kappa shape index (κ2) is 8.31. The second-order valence-corrected chi connectivity index (χ2v) is 7.21. The molecule has 28 heavy (non-hydrogen) atoms. The Bertz CT molecular complexity index is 1050. The summed E-state index contributed by atoms with van der Waals surface area (Å²) < 4.78 is 5.56. The van der Waals surface area contributed by atoms with Crippen molar-refractivity contribution in [2.45, 2.75) is 19.9 Å². The van der Waals surface area contributed by atoms with E-state index in [1.54, 1.807) is 6.26 Å². The maximum Gasteiger partial charge on any atom is 0.173 e. The molecule has 0 aliphatic heterocycles. The summed E-state index contributed by atoms with van der Waals surface area (Å²) in [5.41, 5.74) is 4.71. The highest BCUT2D eigenvalue weighted by molar-refractivity contribution is 7.80. The molecule has 2 aromatic carbocycles. The van der Waals surface area contributed by atoms with E-state index < -0.39 is 0 Å². The van der Waals surface area contributed by atoms with E-state index >= 15 is 0 Å². The quantitative estimate of drug-likeness (QED) is 0.427. The van der Waals surface area contributed by atoms with Crippen molar-refractivity contribution < 1.29 is 4.42 Å². The Morgan fingerprint density at radius 1 is 1.04 bits per heavy atom. The molecule has 2 aromatic heterocycles. The van der Waals surface area contributed by atoms with Crippen molar-refractivity contribution in [1.82, 2.24) is 9.88 Å². The molecule has 0 spiro atoms. The molecule has 0 atom stereocenters. The van der Waals surface area contributed by atoms with Crippen LogP contribution in [0.25, 0.3) is 10.9 Å². The third kappa shape index (κ3) is 4.10. The minimum Gasteiger partial charge on any atom is -0.467 e. The molecule has 2 heterocycles. The first-order valence-corrected chi connectivity index (χ1v) is 9.81. The molecule has 0 radical (unpaired) electrons. The number of para-hydroxylation sites is 2. The van der Waals surface area contributed by atoms with Gasteiger partial charge in [0.05, 0.1) is 12.8 Å². The molecule has 2 N–H and O–H groups in total. The number of nitrogens with one attached hydrogen (secondary N) is 2. The van der Waals surface area contributed by atoms with Crippen molar-refractivity contribution in [2.24, 2.45) is 0 Å². The van der Waals surface area contributed by atoms with Gasteiger partial charge in [-0.15, -0.1) is 0 Å². The molecule has 0 bridgehead atoms. The first-order valence-electron chi connectivity index (χ1n) is 9.40. The number of aromatic nitrogens is 1. The number of benzene rings is 2. The van der Waals surface area contributed by atoms with Crippen LogP contribution in [-0.4, -0.2) is 21.5 Å². The zero-order valence-electron chi connectivity index (χ0n) is 15.8. The van der Waals surface area contributed by atoms with Crippen LogP contribution in [0.1, 0.15) is 17.0 Å². The molecule has 0 aliphatic carbocycles. The zero-order chi connectivity index (χ0) is 19.3. The largest absolute Gasteiger partial charge is 0.467 e. The lowest BCUT2D eigenvalue weighted by molar-refractivity contribution is 0.368. The van der Waals surface area contributed by atoms with E-state index in [0.717, 1.165) is 24.4 Å². The summed E-state index contributed by atoms with van der Waals surface area (Å²) in [6.45, 7) is 3.56. The second-order valence-electron chi connectivity index (χ2n) is 6.82. The Morgan fingerprint density at radius 3 is 2.61 bits per heavy atom. The summed E-state index contributed by atoms with van der Waals surface area (Å²) in [5.74, 6) is 0.896. The van der Waals surface area contributed by atoms with E-state index in [-0.39, 0.29) is 0 Å². The molecule has 5 heteroatoms. The van der Waals surface area contributed by atoms with E-state index in [2.05, 4.69) is 46.4 Å².